The van der Waals surface area contributed by atoms with Crippen molar-refractivity contribution in [2.24, 2.45) is 0 Å². The van der Waals surface area contributed by atoms with Crippen molar-refractivity contribution in [3.63, 3.8) is 0 Å². The highest BCUT2D eigenvalue weighted by Gasteiger charge is 2.27. The average Bonchev–Trinajstić information content (AvgIpc) is 3.05. The fraction of sp³-hybridized carbons (Fsp3) is 0.278. The van der Waals surface area contributed by atoms with Crippen LogP contribution in [0.25, 0.3) is 10.2 Å². The summed E-state index contributed by atoms with van der Waals surface area (Å²) in [6.45, 7) is 1.15. The predicted octanol–water partition coefficient (Wildman–Crippen LogP) is 2.49. The number of nitrogen functional groups attached to an aromatic ring is 1. The van der Waals surface area contributed by atoms with Crippen molar-refractivity contribution in [2.75, 3.05) is 26.5 Å². The summed E-state index contributed by atoms with van der Waals surface area (Å²) in [5, 5.41) is 0.933. The van der Waals surface area contributed by atoms with Crippen LogP contribution in [-0.4, -0.2) is 41.5 Å². The second-order valence-electron chi connectivity index (χ2n) is 6.02. The summed E-state index contributed by atoms with van der Waals surface area (Å²) in [4.78, 5) is 25.2. The van der Waals surface area contributed by atoms with E-state index in [9.17, 15) is 4.79 Å². The lowest BCUT2D eigenvalue weighted by molar-refractivity contribution is 0.0736. The Morgan fingerprint density at radius 2 is 1.92 bits per heavy atom. The van der Waals surface area contributed by atoms with Crippen molar-refractivity contribution in [3.8, 4) is 11.5 Å². The van der Waals surface area contributed by atoms with Crippen LogP contribution in [0.15, 0.2) is 24.5 Å². The maximum absolute atomic E-state index is 13.0. The van der Waals surface area contributed by atoms with Crippen LogP contribution >= 0.6 is 11.3 Å². The molecule has 0 aliphatic carbocycles. The topological polar surface area (TPSA) is 90.6 Å². The fourth-order valence-electron chi connectivity index (χ4n) is 3.24. The van der Waals surface area contributed by atoms with Gasteiger partial charge in [0, 0.05) is 23.1 Å². The van der Waals surface area contributed by atoms with Crippen LogP contribution in [0.4, 0.5) is 5.82 Å². The van der Waals surface area contributed by atoms with Crippen LogP contribution in [0.5, 0.6) is 11.5 Å². The first-order valence-corrected chi connectivity index (χ1v) is 8.95. The highest BCUT2D eigenvalue weighted by Crippen LogP contribution is 2.36. The summed E-state index contributed by atoms with van der Waals surface area (Å²) in [5.41, 5.74) is 7.73. The molecule has 1 aromatic carbocycles. The quantitative estimate of drug-likeness (QED) is 0.762. The number of anilines is 1. The van der Waals surface area contributed by atoms with E-state index in [0.717, 1.165) is 27.1 Å². The molecule has 0 saturated carbocycles. The minimum absolute atomic E-state index is 0.0515. The van der Waals surface area contributed by atoms with Gasteiger partial charge in [-0.3, -0.25) is 4.79 Å². The molecule has 0 unspecified atom stereocenters. The number of nitrogens with zero attached hydrogens (tertiary/aromatic N) is 3. The number of fused-ring (bicyclic) bond motifs is 3. The van der Waals surface area contributed by atoms with Crippen LogP contribution in [0, 0.1) is 0 Å². The van der Waals surface area contributed by atoms with Gasteiger partial charge in [0.25, 0.3) is 5.91 Å². The minimum Gasteiger partial charge on any atom is -0.497 e. The Kier molecular flexibility index (Phi) is 4.12. The number of carbonyl (C=O) groups is 1. The lowest BCUT2D eigenvalue weighted by Gasteiger charge is -2.27. The zero-order chi connectivity index (χ0) is 18.3. The van der Waals surface area contributed by atoms with Crippen molar-refractivity contribution < 1.29 is 14.3 Å². The van der Waals surface area contributed by atoms with Gasteiger partial charge >= 0.3 is 0 Å². The summed E-state index contributed by atoms with van der Waals surface area (Å²) < 4.78 is 10.5. The van der Waals surface area contributed by atoms with Crippen LogP contribution in [-0.2, 0) is 13.0 Å². The standard InChI is InChI=1S/C18H18N4O3S/c1-24-11-5-10(6-12(7-11)25-2)18(23)22-4-3-13-14(8-22)26-17-15(13)16(19)20-9-21-17/h5-7,9H,3-4,8H2,1-2H3,(H2,19,20,21). The molecule has 0 fully saturated rings. The lowest BCUT2D eigenvalue weighted by atomic mass is 10.0. The summed E-state index contributed by atoms with van der Waals surface area (Å²) >= 11 is 1.57. The Hall–Kier alpha value is -2.87. The van der Waals surface area contributed by atoms with Crippen molar-refractivity contribution in [3.05, 3.63) is 40.5 Å². The molecule has 8 heteroatoms. The lowest BCUT2D eigenvalue weighted by Crippen LogP contribution is -2.35. The van der Waals surface area contributed by atoms with E-state index in [-0.39, 0.29) is 5.91 Å². The Labute approximate surface area is 154 Å². The first-order chi connectivity index (χ1) is 12.6. The van der Waals surface area contributed by atoms with Gasteiger partial charge in [0.2, 0.25) is 0 Å². The van der Waals surface area contributed by atoms with E-state index in [0.29, 0.717) is 36.0 Å². The zero-order valence-electron chi connectivity index (χ0n) is 14.5. The van der Waals surface area contributed by atoms with E-state index in [2.05, 4.69) is 9.97 Å². The summed E-state index contributed by atoms with van der Waals surface area (Å²) in [6.07, 6.45) is 2.21. The van der Waals surface area contributed by atoms with Crippen LogP contribution in [0.2, 0.25) is 0 Å². The maximum Gasteiger partial charge on any atom is 0.254 e. The highest BCUT2D eigenvalue weighted by molar-refractivity contribution is 7.19. The van der Waals surface area contributed by atoms with Gasteiger partial charge in [-0.1, -0.05) is 0 Å². The molecule has 3 aromatic rings. The molecular formula is C18H18N4O3S. The number of carbonyl (C=O) groups excluding carboxylic acids is 1. The van der Waals surface area contributed by atoms with E-state index in [1.165, 1.54) is 6.33 Å². The Balaban J connectivity index is 1.66. The summed E-state index contributed by atoms with van der Waals surface area (Å²) in [5.74, 6) is 1.64. The Morgan fingerprint density at radius 1 is 1.19 bits per heavy atom. The third-order valence-corrected chi connectivity index (χ3v) is 5.68. The second kappa shape index (κ2) is 6.45. The molecule has 26 heavy (non-hydrogen) atoms. The molecule has 2 aromatic heterocycles. The van der Waals surface area contributed by atoms with Gasteiger partial charge in [0.1, 0.15) is 28.5 Å². The van der Waals surface area contributed by atoms with E-state index >= 15 is 0 Å². The third kappa shape index (κ3) is 2.72. The molecule has 3 heterocycles. The van der Waals surface area contributed by atoms with E-state index in [1.807, 2.05) is 4.90 Å². The minimum atomic E-state index is -0.0515. The van der Waals surface area contributed by atoms with Gasteiger partial charge in [0.15, 0.2) is 0 Å². The molecule has 7 nitrogen and oxygen atoms in total. The number of aromatic nitrogens is 2. The van der Waals surface area contributed by atoms with Crippen molar-refractivity contribution in [1.29, 1.82) is 0 Å². The molecule has 1 aliphatic rings. The first kappa shape index (κ1) is 16.6. The van der Waals surface area contributed by atoms with Gasteiger partial charge in [-0.15, -0.1) is 11.3 Å². The third-order valence-electron chi connectivity index (χ3n) is 4.55. The normalized spacial score (nSPS) is 13.5. The number of hydrogen-bond acceptors (Lipinski definition) is 7. The van der Waals surface area contributed by atoms with Gasteiger partial charge in [0.05, 0.1) is 26.2 Å². The molecule has 0 bridgehead atoms. The largest absolute Gasteiger partial charge is 0.497 e. The predicted molar refractivity (Wildman–Crippen MR) is 99.8 cm³/mol. The van der Waals surface area contributed by atoms with Crippen molar-refractivity contribution in [1.82, 2.24) is 14.9 Å². The Morgan fingerprint density at radius 3 is 2.62 bits per heavy atom. The molecule has 1 amide bonds. The first-order valence-electron chi connectivity index (χ1n) is 8.13. The SMILES string of the molecule is COc1cc(OC)cc(C(=O)N2CCc3c(sc4ncnc(N)c34)C2)c1. The number of benzene rings is 1. The van der Waals surface area contributed by atoms with Crippen molar-refractivity contribution >= 4 is 33.3 Å². The molecule has 0 atom stereocenters. The van der Waals surface area contributed by atoms with Gasteiger partial charge in [-0.25, -0.2) is 9.97 Å². The summed E-state index contributed by atoms with van der Waals surface area (Å²) in [7, 11) is 3.14. The molecule has 2 N–H and O–H groups in total. The van der Waals surface area contributed by atoms with Gasteiger partial charge in [-0.2, -0.15) is 0 Å². The fourth-order valence-corrected chi connectivity index (χ4v) is 4.45. The molecule has 0 saturated heterocycles. The zero-order valence-corrected chi connectivity index (χ0v) is 15.3. The number of rotatable bonds is 3. The van der Waals surface area contributed by atoms with E-state index in [1.54, 1.807) is 43.8 Å². The molecule has 0 radical (unpaired) electrons. The molecule has 1 aliphatic heterocycles. The molecule has 134 valence electrons. The van der Waals surface area contributed by atoms with Crippen LogP contribution in [0.1, 0.15) is 20.8 Å². The van der Waals surface area contributed by atoms with Crippen LogP contribution < -0.4 is 15.2 Å². The summed E-state index contributed by atoms with van der Waals surface area (Å²) in [6, 6.07) is 5.21. The number of amides is 1. The monoisotopic (exact) mass is 370 g/mol. The van der Waals surface area contributed by atoms with Crippen LogP contribution in [0.3, 0.4) is 0 Å². The second-order valence-corrected chi connectivity index (χ2v) is 7.10. The maximum atomic E-state index is 13.0. The van der Waals surface area contributed by atoms with Crippen molar-refractivity contribution in [2.45, 2.75) is 13.0 Å². The van der Waals surface area contributed by atoms with E-state index < -0.39 is 0 Å². The number of methoxy groups -OCH3 is 2. The average molecular weight is 370 g/mol. The number of hydrogen-bond donors (Lipinski definition) is 1. The number of thiophene rings is 1. The molecule has 0 spiro atoms. The number of ether oxygens (including phenoxy) is 2. The smallest absolute Gasteiger partial charge is 0.254 e. The van der Waals surface area contributed by atoms with Gasteiger partial charge < -0.3 is 20.1 Å². The molecular weight excluding hydrogens is 352 g/mol. The van der Waals surface area contributed by atoms with Gasteiger partial charge in [-0.05, 0) is 24.1 Å². The molecule has 4 rings (SSSR count). The van der Waals surface area contributed by atoms with E-state index in [4.69, 9.17) is 15.2 Å². The Bertz CT molecular complexity index is 979. The highest BCUT2D eigenvalue weighted by atomic mass is 32.1. The number of nitrogens with two attached hydrogens (primary N) is 1.